The van der Waals surface area contributed by atoms with Crippen LogP contribution in [0.4, 0.5) is 0 Å². The number of hydrogen-bond acceptors (Lipinski definition) is 4. The Morgan fingerprint density at radius 2 is 2.37 bits per heavy atom. The van der Waals surface area contributed by atoms with Gasteiger partial charge in [-0.15, -0.1) is 5.10 Å². The molecule has 2 rings (SSSR count). The molecule has 1 aliphatic rings. The van der Waals surface area contributed by atoms with Gasteiger partial charge in [-0.3, -0.25) is 4.79 Å². The average Bonchev–Trinajstić information content (AvgIpc) is 2.86. The highest BCUT2D eigenvalue weighted by atomic mass is 16.3. The van der Waals surface area contributed by atoms with Gasteiger partial charge < -0.3 is 10.0 Å². The molecule has 0 aromatic carbocycles. The zero-order valence-corrected chi connectivity index (χ0v) is 11.6. The number of aromatic nitrogens is 3. The van der Waals surface area contributed by atoms with Crippen LogP contribution < -0.4 is 0 Å². The van der Waals surface area contributed by atoms with Gasteiger partial charge in [0.25, 0.3) is 0 Å². The van der Waals surface area contributed by atoms with Crippen molar-refractivity contribution in [2.24, 2.45) is 0 Å². The Balaban J connectivity index is 1.96. The minimum absolute atomic E-state index is 0.0784. The Labute approximate surface area is 113 Å². The molecule has 0 aliphatic carbocycles. The number of carbonyl (C=O) groups excluding carboxylic acids is 1. The van der Waals surface area contributed by atoms with Crippen molar-refractivity contribution >= 4 is 5.91 Å². The van der Waals surface area contributed by atoms with Crippen molar-refractivity contribution in [2.45, 2.75) is 58.2 Å². The zero-order valence-electron chi connectivity index (χ0n) is 11.6. The molecule has 1 N–H and O–H groups in total. The van der Waals surface area contributed by atoms with Crippen LogP contribution in [0.5, 0.6) is 0 Å². The molecule has 2 heterocycles. The van der Waals surface area contributed by atoms with Gasteiger partial charge in [0.2, 0.25) is 5.91 Å². The molecule has 106 valence electrons. The molecule has 2 atom stereocenters. The summed E-state index contributed by atoms with van der Waals surface area (Å²) in [4.78, 5) is 14.1. The molecule has 0 radical (unpaired) electrons. The summed E-state index contributed by atoms with van der Waals surface area (Å²) in [5.74, 6) is 0.0784. The van der Waals surface area contributed by atoms with Gasteiger partial charge in [0.1, 0.15) is 12.2 Å². The van der Waals surface area contributed by atoms with Gasteiger partial charge in [0.05, 0.1) is 12.3 Å². The van der Waals surface area contributed by atoms with E-state index in [0.717, 1.165) is 19.4 Å². The second-order valence-corrected chi connectivity index (χ2v) is 5.20. The summed E-state index contributed by atoms with van der Waals surface area (Å²) in [5, 5.41) is 17.5. The van der Waals surface area contributed by atoms with Crippen LogP contribution in [0.3, 0.4) is 0 Å². The van der Waals surface area contributed by atoms with E-state index in [-0.39, 0.29) is 12.5 Å². The van der Waals surface area contributed by atoms with Gasteiger partial charge in [-0.05, 0) is 32.6 Å². The molecule has 6 nitrogen and oxygen atoms in total. The van der Waals surface area contributed by atoms with E-state index >= 15 is 0 Å². The van der Waals surface area contributed by atoms with E-state index < -0.39 is 6.10 Å². The first-order valence-corrected chi connectivity index (χ1v) is 6.99. The van der Waals surface area contributed by atoms with Crippen LogP contribution in [0.2, 0.25) is 0 Å². The van der Waals surface area contributed by atoms with Gasteiger partial charge in [-0.2, -0.15) is 0 Å². The zero-order chi connectivity index (χ0) is 13.8. The van der Waals surface area contributed by atoms with E-state index in [9.17, 15) is 9.90 Å². The van der Waals surface area contributed by atoms with Crippen molar-refractivity contribution in [1.82, 2.24) is 19.9 Å². The lowest BCUT2D eigenvalue weighted by Crippen LogP contribution is -2.43. The number of piperidine rings is 1. The predicted molar refractivity (Wildman–Crippen MR) is 70.3 cm³/mol. The third-order valence-electron chi connectivity index (χ3n) is 3.71. The Morgan fingerprint density at radius 1 is 1.58 bits per heavy atom. The van der Waals surface area contributed by atoms with E-state index in [0.29, 0.717) is 18.2 Å². The van der Waals surface area contributed by atoms with Crippen molar-refractivity contribution in [3.05, 3.63) is 11.9 Å². The predicted octanol–water partition coefficient (Wildman–Crippen LogP) is 1.12. The molecular formula is C13H22N4O2. The second kappa shape index (κ2) is 6.14. The first-order chi connectivity index (χ1) is 9.11. The van der Waals surface area contributed by atoms with Crippen LogP contribution in [0.15, 0.2) is 6.20 Å². The Morgan fingerprint density at radius 3 is 3.05 bits per heavy atom. The molecule has 1 aromatic rings. The summed E-state index contributed by atoms with van der Waals surface area (Å²) < 4.78 is 1.51. The largest absolute Gasteiger partial charge is 0.387 e. The summed E-state index contributed by atoms with van der Waals surface area (Å²) in [6.07, 6.45) is 4.99. The van der Waals surface area contributed by atoms with Crippen molar-refractivity contribution in [2.75, 3.05) is 6.54 Å². The van der Waals surface area contributed by atoms with E-state index in [1.54, 1.807) is 6.20 Å². The molecule has 19 heavy (non-hydrogen) atoms. The van der Waals surface area contributed by atoms with E-state index in [2.05, 4.69) is 17.2 Å². The molecule has 1 amide bonds. The number of likely N-dealkylation sites (tertiary alicyclic amines) is 1. The highest BCUT2D eigenvalue weighted by Gasteiger charge is 2.23. The van der Waals surface area contributed by atoms with Gasteiger partial charge >= 0.3 is 0 Å². The van der Waals surface area contributed by atoms with Gasteiger partial charge in [0.15, 0.2) is 0 Å². The minimum Gasteiger partial charge on any atom is -0.387 e. The van der Waals surface area contributed by atoms with Crippen LogP contribution >= 0.6 is 0 Å². The quantitative estimate of drug-likeness (QED) is 0.886. The fourth-order valence-corrected chi connectivity index (χ4v) is 2.45. The first-order valence-electron chi connectivity index (χ1n) is 6.99. The lowest BCUT2D eigenvalue weighted by molar-refractivity contribution is -0.135. The summed E-state index contributed by atoms with van der Waals surface area (Å²) in [5.41, 5.74) is 0.530. The number of nitrogens with zero attached hydrogens (tertiary/aromatic N) is 4. The fraction of sp³-hybridized carbons (Fsp3) is 0.769. The molecule has 1 aromatic heterocycles. The Bertz CT molecular complexity index is 432. The third-order valence-corrected chi connectivity index (χ3v) is 3.71. The van der Waals surface area contributed by atoms with Crippen molar-refractivity contribution in [1.29, 1.82) is 0 Å². The number of rotatable bonds is 4. The highest BCUT2D eigenvalue weighted by Crippen LogP contribution is 2.17. The number of aliphatic hydroxyl groups excluding tert-OH is 1. The SMILES string of the molecule is CCC(O)c1cn(CC(=O)N2CCCCC2C)nn1. The Hall–Kier alpha value is -1.43. The van der Waals surface area contributed by atoms with Crippen LogP contribution in [0.25, 0.3) is 0 Å². The maximum Gasteiger partial charge on any atom is 0.244 e. The van der Waals surface area contributed by atoms with Crippen molar-refractivity contribution in [3.63, 3.8) is 0 Å². The minimum atomic E-state index is -0.599. The normalized spacial score (nSPS) is 21.4. The number of amides is 1. The topological polar surface area (TPSA) is 71.2 Å². The van der Waals surface area contributed by atoms with Crippen molar-refractivity contribution < 1.29 is 9.90 Å². The van der Waals surface area contributed by atoms with Gasteiger partial charge in [-0.1, -0.05) is 12.1 Å². The van der Waals surface area contributed by atoms with Gasteiger partial charge in [0, 0.05) is 12.6 Å². The second-order valence-electron chi connectivity index (χ2n) is 5.20. The smallest absolute Gasteiger partial charge is 0.244 e. The maximum atomic E-state index is 12.2. The molecule has 1 fully saturated rings. The molecular weight excluding hydrogens is 244 g/mol. The third kappa shape index (κ3) is 3.32. The monoisotopic (exact) mass is 266 g/mol. The number of aliphatic hydroxyl groups is 1. The van der Waals surface area contributed by atoms with Crippen LogP contribution in [-0.2, 0) is 11.3 Å². The molecule has 6 heteroatoms. The first kappa shape index (κ1) is 14.0. The maximum absolute atomic E-state index is 12.2. The van der Waals surface area contributed by atoms with E-state index in [1.165, 1.54) is 11.1 Å². The summed E-state index contributed by atoms with van der Waals surface area (Å²) in [7, 11) is 0. The van der Waals surface area contributed by atoms with E-state index in [1.807, 2.05) is 11.8 Å². The molecule has 0 saturated carbocycles. The van der Waals surface area contributed by atoms with Crippen LogP contribution in [0.1, 0.15) is 51.3 Å². The summed E-state index contributed by atoms with van der Waals surface area (Å²) in [6, 6.07) is 0.311. The average molecular weight is 266 g/mol. The lowest BCUT2D eigenvalue weighted by Gasteiger charge is -2.33. The number of carbonyl (C=O) groups is 1. The van der Waals surface area contributed by atoms with Crippen LogP contribution in [0, 0.1) is 0 Å². The highest BCUT2D eigenvalue weighted by molar-refractivity contribution is 5.76. The lowest BCUT2D eigenvalue weighted by atomic mass is 10.0. The van der Waals surface area contributed by atoms with Crippen LogP contribution in [-0.4, -0.2) is 43.5 Å². The van der Waals surface area contributed by atoms with Crippen molar-refractivity contribution in [3.8, 4) is 0 Å². The summed E-state index contributed by atoms with van der Waals surface area (Å²) in [6.45, 7) is 5.00. The number of hydrogen-bond donors (Lipinski definition) is 1. The molecule has 0 spiro atoms. The van der Waals surface area contributed by atoms with E-state index in [4.69, 9.17) is 0 Å². The standard InChI is InChI=1S/C13H22N4O2/c1-3-12(18)11-8-16(15-14-11)9-13(19)17-7-5-4-6-10(17)2/h8,10,12,18H,3-7,9H2,1-2H3. The molecule has 1 aliphatic heterocycles. The van der Waals surface area contributed by atoms with Gasteiger partial charge in [-0.25, -0.2) is 4.68 Å². The molecule has 0 bridgehead atoms. The Kier molecular flexibility index (Phi) is 4.52. The molecule has 1 saturated heterocycles. The summed E-state index contributed by atoms with van der Waals surface area (Å²) >= 11 is 0. The fourth-order valence-electron chi connectivity index (χ4n) is 2.45. The molecule has 2 unspecified atom stereocenters.